The second-order valence-corrected chi connectivity index (χ2v) is 4.01. The first-order valence-corrected chi connectivity index (χ1v) is 5.23. The van der Waals surface area contributed by atoms with E-state index in [0.29, 0.717) is 5.82 Å². The van der Waals surface area contributed by atoms with E-state index in [-0.39, 0.29) is 11.8 Å². The molecule has 0 aliphatic carbocycles. The van der Waals surface area contributed by atoms with Crippen LogP contribution in [0, 0.1) is 0 Å². The minimum atomic E-state index is 0.201. The Balaban J connectivity index is 2.60. The van der Waals surface area contributed by atoms with Crippen LogP contribution in [0.5, 0.6) is 5.75 Å². The molecule has 1 heterocycles. The molecule has 3 N–H and O–H groups in total. The summed E-state index contributed by atoms with van der Waals surface area (Å²) in [4.78, 5) is 0. The molecule has 0 atom stereocenters. The molecule has 0 saturated heterocycles. The number of phenols is 1. The maximum Gasteiger partial charge on any atom is 0.146 e. The number of aromatic nitrogens is 2. The van der Waals surface area contributed by atoms with E-state index in [1.54, 1.807) is 18.2 Å². The number of nitrogen functional groups attached to an aromatic ring is 1. The highest BCUT2D eigenvalue weighted by atomic mass is 16.3. The molecular weight excluding hydrogens is 202 g/mol. The maximum atomic E-state index is 9.80. The van der Waals surface area contributed by atoms with Crippen LogP contribution in [-0.2, 0) is 0 Å². The zero-order valence-electron chi connectivity index (χ0n) is 9.38. The third-order valence-corrected chi connectivity index (χ3v) is 2.42. The van der Waals surface area contributed by atoms with Crippen LogP contribution in [-0.4, -0.2) is 14.9 Å². The van der Waals surface area contributed by atoms with Gasteiger partial charge in [0.25, 0.3) is 0 Å². The lowest BCUT2D eigenvalue weighted by Crippen LogP contribution is -2.05. The van der Waals surface area contributed by atoms with Crippen molar-refractivity contribution in [1.29, 1.82) is 0 Å². The SMILES string of the molecule is CC(C)n1nc(N)cc1-c1ccccc1O. The fourth-order valence-electron chi connectivity index (χ4n) is 1.70. The van der Waals surface area contributed by atoms with Gasteiger partial charge in [0.05, 0.1) is 5.69 Å². The number of hydrogen-bond acceptors (Lipinski definition) is 3. The second-order valence-electron chi connectivity index (χ2n) is 4.01. The molecule has 2 rings (SSSR count). The summed E-state index contributed by atoms with van der Waals surface area (Å²) in [5.74, 6) is 0.705. The minimum absolute atomic E-state index is 0.201. The Hall–Kier alpha value is -1.97. The highest BCUT2D eigenvalue weighted by Crippen LogP contribution is 2.31. The molecule has 1 aromatic heterocycles. The molecule has 0 spiro atoms. The number of para-hydroxylation sites is 1. The third-order valence-electron chi connectivity index (χ3n) is 2.42. The van der Waals surface area contributed by atoms with Gasteiger partial charge in [-0.15, -0.1) is 0 Å². The fraction of sp³-hybridized carbons (Fsp3) is 0.250. The number of benzene rings is 1. The van der Waals surface area contributed by atoms with Crippen molar-refractivity contribution in [3.8, 4) is 17.0 Å². The van der Waals surface area contributed by atoms with Crippen LogP contribution in [0.15, 0.2) is 30.3 Å². The van der Waals surface area contributed by atoms with Gasteiger partial charge < -0.3 is 10.8 Å². The summed E-state index contributed by atoms with van der Waals surface area (Å²) >= 11 is 0. The molecule has 1 aromatic carbocycles. The molecule has 4 heteroatoms. The fourth-order valence-corrected chi connectivity index (χ4v) is 1.70. The summed E-state index contributed by atoms with van der Waals surface area (Å²) in [6.07, 6.45) is 0. The molecule has 0 aliphatic rings. The van der Waals surface area contributed by atoms with Crippen molar-refractivity contribution in [3.05, 3.63) is 30.3 Å². The van der Waals surface area contributed by atoms with E-state index < -0.39 is 0 Å². The monoisotopic (exact) mass is 217 g/mol. The van der Waals surface area contributed by atoms with Crippen molar-refractivity contribution in [3.63, 3.8) is 0 Å². The Kier molecular flexibility index (Phi) is 2.56. The van der Waals surface area contributed by atoms with Gasteiger partial charge in [-0.3, -0.25) is 4.68 Å². The lowest BCUT2D eigenvalue weighted by molar-refractivity contribution is 0.475. The van der Waals surface area contributed by atoms with Crippen molar-refractivity contribution in [2.75, 3.05) is 5.73 Å². The standard InChI is InChI=1S/C12H15N3O/c1-8(2)15-10(7-12(13)14-15)9-5-3-4-6-11(9)16/h3-8,16H,1-2H3,(H2,13,14). The van der Waals surface area contributed by atoms with Gasteiger partial charge in [0, 0.05) is 17.7 Å². The van der Waals surface area contributed by atoms with Crippen LogP contribution >= 0.6 is 0 Å². The number of anilines is 1. The summed E-state index contributed by atoms with van der Waals surface area (Å²) in [7, 11) is 0. The minimum Gasteiger partial charge on any atom is -0.507 e. The van der Waals surface area contributed by atoms with Gasteiger partial charge in [0.15, 0.2) is 0 Å². The molecule has 0 fully saturated rings. The Labute approximate surface area is 94.3 Å². The Morgan fingerprint density at radius 1 is 1.31 bits per heavy atom. The smallest absolute Gasteiger partial charge is 0.146 e. The normalized spacial score (nSPS) is 10.9. The first-order valence-electron chi connectivity index (χ1n) is 5.23. The number of nitrogens with zero attached hydrogens (tertiary/aromatic N) is 2. The lowest BCUT2D eigenvalue weighted by Gasteiger charge is -2.11. The first-order chi connectivity index (χ1) is 7.59. The molecule has 0 amide bonds. The van der Waals surface area contributed by atoms with Crippen molar-refractivity contribution in [2.45, 2.75) is 19.9 Å². The van der Waals surface area contributed by atoms with E-state index in [1.807, 2.05) is 30.7 Å². The van der Waals surface area contributed by atoms with Gasteiger partial charge in [-0.05, 0) is 26.0 Å². The summed E-state index contributed by atoms with van der Waals surface area (Å²) < 4.78 is 1.81. The van der Waals surface area contributed by atoms with Gasteiger partial charge in [0.2, 0.25) is 0 Å². The molecular formula is C12H15N3O. The molecule has 0 radical (unpaired) electrons. The van der Waals surface area contributed by atoms with Gasteiger partial charge in [-0.2, -0.15) is 5.10 Å². The Morgan fingerprint density at radius 3 is 2.62 bits per heavy atom. The van der Waals surface area contributed by atoms with Gasteiger partial charge in [0.1, 0.15) is 11.6 Å². The van der Waals surface area contributed by atoms with Gasteiger partial charge >= 0.3 is 0 Å². The Morgan fingerprint density at radius 2 is 2.00 bits per heavy atom. The first kappa shape index (κ1) is 10.5. The molecule has 16 heavy (non-hydrogen) atoms. The Bertz CT molecular complexity index is 503. The highest BCUT2D eigenvalue weighted by Gasteiger charge is 2.13. The van der Waals surface area contributed by atoms with E-state index in [1.165, 1.54) is 0 Å². The average Bonchev–Trinajstić information content (AvgIpc) is 2.61. The molecule has 84 valence electrons. The van der Waals surface area contributed by atoms with E-state index in [4.69, 9.17) is 5.73 Å². The summed E-state index contributed by atoms with van der Waals surface area (Å²) in [6.45, 7) is 4.05. The van der Waals surface area contributed by atoms with Gasteiger partial charge in [-0.1, -0.05) is 12.1 Å². The van der Waals surface area contributed by atoms with Crippen molar-refractivity contribution < 1.29 is 5.11 Å². The molecule has 4 nitrogen and oxygen atoms in total. The highest BCUT2D eigenvalue weighted by molar-refractivity contribution is 5.69. The van der Waals surface area contributed by atoms with Crippen molar-refractivity contribution in [2.24, 2.45) is 0 Å². The predicted molar refractivity (Wildman–Crippen MR) is 64.1 cm³/mol. The number of hydrogen-bond donors (Lipinski definition) is 2. The van der Waals surface area contributed by atoms with Crippen LogP contribution < -0.4 is 5.73 Å². The van der Waals surface area contributed by atoms with Crippen molar-refractivity contribution >= 4 is 5.82 Å². The quantitative estimate of drug-likeness (QED) is 0.812. The molecule has 0 saturated carbocycles. The van der Waals surface area contributed by atoms with E-state index in [0.717, 1.165) is 11.3 Å². The van der Waals surface area contributed by atoms with E-state index >= 15 is 0 Å². The third kappa shape index (κ3) is 1.74. The number of phenolic OH excluding ortho intramolecular Hbond substituents is 1. The van der Waals surface area contributed by atoms with Crippen molar-refractivity contribution in [1.82, 2.24) is 9.78 Å². The topological polar surface area (TPSA) is 64.1 Å². The average molecular weight is 217 g/mol. The van der Waals surface area contributed by atoms with Crippen LogP contribution in [0.1, 0.15) is 19.9 Å². The zero-order chi connectivity index (χ0) is 11.7. The van der Waals surface area contributed by atoms with E-state index in [2.05, 4.69) is 5.10 Å². The molecule has 0 bridgehead atoms. The lowest BCUT2D eigenvalue weighted by atomic mass is 10.1. The summed E-state index contributed by atoms with van der Waals surface area (Å²) in [5.41, 5.74) is 7.28. The van der Waals surface area contributed by atoms with Crippen LogP contribution in [0.3, 0.4) is 0 Å². The number of nitrogens with two attached hydrogens (primary N) is 1. The zero-order valence-corrected chi connectivity index (χ0v) is 9.38. The van der Waals surface area contributed by atoms with E-state index in [9.17, 15) is 5.11 Å². The van der Waals surface area contributed by atoms with Gasteiger partial charge in [-0.25, -0.2) is 0 Å². The van der Waals surface area contributed by atoms with Crippen LogP contribution in [0.2, 0.25) is 0 Å². The molecule has 2 aromatic rings. The summed E-state index contributed by atoms with van der Waals surface area (Å²) in [6, 6.07) is 9.15. The summed E-state index contributed by atoms with van der Waals surface area (Å²) in [5, 5.41) is 14.0. The van der Waals surface area contributed by atoms with Crippen LogP contribution in [0.25, 0.3) is 11.3 Å². The number of aromatic hydroxyl groups is 1. The second kappa shape index (κ2) is 3.89. The largest absolute Gasteiger partial charge is 0.507 e. The number of rotatable bonds is 2. The predicted octanol–water partition coefficient (Wildman–Crippen LogP) is 2.42. The maximum absolute atomic E-state index is 9.80. The molecule has 0 aliphatic heterocycles. The van der Waals surface area contributed by atoms with Crippen LogP contribution in [0.4, 0.5) is 5.82 Å². The molecule has 0 unspecified atom stereocenters.